The van der Waals surface area contributed by atoms with E-state index in [0.29, 0.717) is 23.7 Å². The Hall–Kier alpha value is -1.43. The van der Waals surface area contributed by atoms with E-state index in [1.165, 1.54) is 6.42 Å². The summed E-state index contributed by atoms with van der Waals surface area (Å²) < 4.78 is 10.9. The Kier molecular flexibility index (Phi) is 4.83. The highest BCUT2D eigenvalue weighted by atomic mass is 16.5. The number of ether oxygens (including phenoxy) is 1. The van der Waals surface area contributed by atoms with Crippen molar-refractivity contribution in [3.05, 3.63) is 11.7 Å². The van der Waals surface area contributed by atoms with Crippen molar-refractivity contribution in [1.82, 2.24) is 15.0 Å². The standard InChI is InChI=1S/C18H27N3O3/c22-18(15-4-1-5-15)21-8-2-3-13(12-21)11-16-19-17(20-24-16)14-6-9-23-10-7-14/h13-15H,1-12H2. The molecule has 6 nitrogen and oxygen atoms in total. The van der Waals surface area contributed by atoms with Crippen LogP contribution in [0.3, 0.4) is 0 Å². The minimum absolute atomic E-state index is 0.298. The van der Waals surface area contributed by atoms with Crippen LogP contribution in [0.2, 0.25) is 0 Å². The molecule has 2 aliphatic heterocycles. The summed E-state index contributed by atoms with van der Waals surface area (Å²) in [5.41, 5.74) is 0. The second-order valence-corrected chi connectivity index (χ2v) is 7.56. The summed E-state index contributed by atoms with van der Waals surface area (Å²) in [5.74, 6) is 3.07. The zero-order valence-electron chi connectivity index (χ0n) is 14.3. The van der Waals surface area contributed by atoms with Gasteiger partial charge in [0.05, 0.1) is 0 Å². The van der Waals surface area contributed by atoms with Gasteiger partial charge in [-0.15, -0.1) is 0 Å². The predicted octanol–water partition coefficient (Wildman–Crippen LogP) is 2.54. The molecule has 3 aliphatic rings. The van der Waals surface area contributed by atoms with Gasteiger partial charge in [0, 0.05) is 44.6 Å². The summed E-state index contributed by atoms with van der Waals surface area (Å²) in [7, 11) is 0. The number of amides is 1. The lowest BCUT2D eigenvalue weighted by atomic mass is 9.83. The molecule has 1 saturated carbocycles. The van der Waals surface area contributed by atoms with Crippen molar-refractivity contribution in [1.29, 1.82) is 0 Å². The first kappa shape index (κ1) is 16.1. The molecular weight excluding hydrogens is 306 g/mol. The molecule has 1 aromatic rings. The fourth-order valence-corrected chi connectivity index (χ4v) is 4.06. The minimum Gasteiger partial charge on any atom is -0.381 e. The van der Waals surface area contributed by atoms with Gasteiger partial charge in [-0.05, 0) is 44.4 Å². The van der Waals surface area contributed by atoms with Crippen molar-refractivity contribution in [3.63, 3.8) is 0 Å². The van der Waals surface area contributed by atoms with Crippen LogP contribution in [0.4, 0.5) is 0 Å². The number of aromatic nitrogens is 2. The largest absolute Gasteiger partial charge is 0.381 e. The number of carbonyl (C=O) groups is 1. The van der Waals surface area contributed by atoms with Crippen LogP contribution in [-0.4, -0.2) is 47.3 Å². The van der Waals surface area contributed by atoms with E-state index in [4.69, 9.17) is 9.26 Å². The molecule has 1 aromatic heterocycles. The number of carbonyl (C=O) groups excluding carboxylic acids is 1. The van der Waals surface area contributed by atoms with E-state index >= 15 is 0 Å². The van der Waals surface area contributed by atoms with Gasteiger partial charge in [0.1, 0.15) is 0 Å². The first-order valence-electron chi connectivity index (χ1n) is 9.48. The van der Waals surface area contributed by atoms with Crippen LogP contribution < -0.4 is 0 Å². The minimum atomic E-state index is 0.298. The van der Waals surface area contributed by atoms with E-state index < -0.39 is 0 Å². The molecule has 3 fully saturated rings. The molecule has 2 saturated heterocycles. The Balaban J connectivity index is 1.33. The Morgan fingerprint density at radius 2 is 1.96 bits per heavy atom. The highest BCUT2D eigenvalue weighted by Crippen LogP contribution is 2.31. The average molecular weight is 333 g/mol. The van der Waals surface area contributed by atoms with Crippen LogP contribution in [0.5, 0.6) is 0 Å². The normalized spacial score (nSPS) is 26.3. The zero-order chi connectivity index (χ0) is 16.4. The lowest BCUT2D eigenvalue weighted by molar-refractivity contribution is -0.140. The maximum absolute atomic E-state index is 12.5. The third kappa shape index (κ3) is 3.48. The van der Waals surface area contributed by atoms with Gasteiger partial charge in [-0.1, -0.05) is 11.6 Å². The van der Waals surface area contributed by atoms with Gasteiger partial charge in [0.15, 0.2) is 5.82 Å². The number of hydrogen-bond donors (Lipinski definition) is 0. The van der Waals surface area contributed by atoms with Gasteiger partial charge in [-0.2, -0.15) is 4.98 Å². The van der Waals surface area contributed by atoms with Crippen molar-refractivity contribution in [2.24, 2.45) is 11.8 Å². The smallest absolute Gasteiger partial charge is 0.226 e. The summed E-state index contributed by atoms with van der Waals surface area (Å²) in [4.78, 5) is 19.2. The van der Waals surface area contributed by atoms with Gasteiger partial charge >= 0.3 is 0 Å². The SMILES string of the molecule is O=C(C1CCC1)N1CCCC(Cc2nc(C3CCOCC3)no2)C1. The third-order valence-corrected chi connectivity index (χ3v) is 5.82. The molecule has 1 atom stereocenters. The van der Waals surface area contributed by atoms with Crippen molar-refractivity contribution in [2.75, 3.05) is 26.3 Å². The van der Waals surface area contributed by atoms with E-state index in [9.17, 15) is 4.79 Å². The van der Waals surface area contributed by atoms with Crippen molar-refractivity contribution < 1.29 is 14.1 Å². The molecule has 3 heterocycles. The fraction of sp³-hybridized carbons (Fsp3) is 0.833. The zero-order valence-corrected chi connectivity index (χ0v) is 14.3. The monoisotopic (exact) mass is 333 g/mol. The van der Waals surface area contributed by atoms with Crippen molar-refractivity contribution >= 4 is 5.91 Å². The summed E-state index contributed by atoms with van der Waals surface area (Å²) >= 11 is 0. The van der Waals surface area contributed by atoms with E-state index in [2.05, 4.69) is 15.0 Å². The molecule has 0 aromatic carbocycles. The third-order valence-electron chi connectivity index (χ3n) is 5.82. The Morgan fingerprint density at radius 3 is 2.71 bits per heavy atom. The molecule has 1 aliphatic carbocycles. The molecule has 0 N–H and O–H groups in total. The van der Waals surface area contributed by atoms with Crippen molar-refractivity contribution in [2.45, 2.75) is 57.3 Å². The van der Waals surface area contributed by atoms with Gasteiger partial charge in [0.25, 0.3) is 0 Å². The Bertz CT molecular complexity index is 564. The van der Waals surface area contributed by atoms with E-state index in [1.54, 1.807) is 0 Å². The van der Waals surface area contributed by atoms with Crippen molar-refractivity contribution in [3.8, 4) is 0 Å². The van der Waals surface area contributed by atoms with Gasteiger partial charge in [-0.25, -0.2) is 0 Å². The van der Waals surface area contributed by atoms with Crippen LogP contribution in [0.25, 0.3) is 0 Å². The van der Waals surface area contributed by atoms with E-state index in [1.807, 2.05) is 0 Å². The lowest BCUT2D eigenvalue weighted by Gasteiger charge is -2.37. The highest BCUT2D eigenvalue weighted by Gasteiger charge is 2.32. The Morgan fingerprint density at radius 1 is 1.12 bits per heavy atom. The van der Waals surface area contributed by atoms with Crippen LogP contribution in [0.1, 0.15) is 62.6 Å². The maximum atomic E-state index is 12.5. The predicted molar refractivity (Wildman–Crippen MR) is 87.4 cm³/mol. The number of hydrogen-bond acceptors (Lipinski definition) is 5. The van der Waals surface area contributed by atoms with Crippen LogP contribution in [0.15, 0.2) is 4.52 Å². The van der Waals surface area contributed by atoms with Crippen LogP contribution in [-0.2, 0) is 16.0 Å². The summed E-state index contributed by atoms with van der Waals surface area (Å²) in [6.45, 7) is 3.35. The van der Waals surface area contributed by atoms with Crippen LogP contribution >= 0.6 is 0 Å². The quantitative estimate of drug-likeness (QED) is 0.847. The first-order chi connectivity index (χ1) is 11.8. The van der Waals surface area contributed by atoms with Gasteiger partial charge < -0.3 is 14.2 Å². The number of rotatable bonds is 4. The molecule has 4 rings (SSSR count). The average Bonchev–Trinajstić information content (AvgIpc) is 3.03. The lowest BCUT2D eigenvalue weighted by Crippen LogP contribution is -2.45. The second kappa shape index (κ2) is 7.21. The summed E-state index contributed by atoms with van der Waals surface area (Å²) in [6.07, 6.45) is 8.36. The highest BCUT2D eigenvalue weighted by molar-refractivity contribution is 5.79. The van der Waals surface area contributed by atoms with E-state index in [-0.39, 0.29) is 0 Å². The second-order valence-electron chi connectivity index (χ2n) is 7.56. The number of likely N-dealkylation sites (tertiary alicyclic amines) is 1. The number of piperidine rings is 1. The summed E-state index contributed by atoms with van der Waals surface area (Å²) in [5, 5.41) is 4.19. The molecular formula is C18H27N3O3. The molecule has 1 unspecified atom stereocenters. The first-order valence-corrected chi connectivity index (χ1v) is 9.48. The topological polar surface area (TPSA) is 68.5 Å². The van der Waals surface area contributed by atoms with Gasteiger partial charge in [0.2, 0.25) is 11.8 Å². The molecule has 0 spiro atoms. The fourth-order valence-electron chi connectivity index (χ4n) is 4.06. The molecule has 24 heavy (non-hydrogen) atoms. The maximum Gasteiger partial charge on any atom is 0.226 e. The molecule has 1 amide bonds. The Labute approximate surface area is 142 Å². The molecule has 0 radical (unpaired) electrons. The van der Waals surface area contributed by atoms with Gasteiger partial charge in [-0.3, -0.25) is 4.79 Å². The van der Waals surface area contributed by atoms with Crippen LogP contribution in [0, 0.1) is 11.8 Å². The molecule has 0 bridgehead atoms. The van der Waals surface area contributed by atoms with E-state index in [0.717, 1.165) is 83.0 Å². The molecule has 6 heteroatoms. The number of nitrogens with zero attached hydrogens (tertiary/aromatic N) is 3. The molecule has 132 valence electrons. The summed E-state index contributed by atoms with van der Waals surface area (Å²) in [6, 6.07) is 0.